The number of hydrogen-bond acceptors (Lipinski definition) is 3. The Hall–Kier alpha value is -1.84. The molecule has 4 heteroatoms. The zero-order valence-corrected chi connectivity index (χ0v) is 9.06. The molecular weight excluding hydrogens is 204 g/mol. The van der Waals surface area contributed by atoms with Gasteiger partial charge >= 0.3 is 0 Å². The average molecular weight is 216 g/mol. The summed E-state index contributed by atoms with van der Waals surface area (Å²) in [6, 6.07) is 5.66. The van der Waals surface area contributed by atoms with Crippen LogP contribution in [0.5, 0.6) is 5.75 Å². The highest BCUT2D eigenvalue weighted by Crippen LogP contribution is 2.24. The maximum atomic E-state index is 11.9. The lowest BCUT2D eigenvalue weighted by Gasteiger charge is -2.10. The van der Waals surface area contributed by atoms with E-state index in [9.17, 15) is 4.79 Å². The lowest BCUT2D eigenvalue weighted by Crippen LogP contribution is -2.15. The number of ether oxygens (including phenoxy) is 1. The molecule has 16 heavy (non-hydrogen) atoms. The first-order valence-corrected chi connectivity index (χ1v) is 5.37. The van der Waals surface area contributed by atoms with Gasteiger partial charge in [0.15, 0.2) is 0 Å². The van der Waals surface area contributed by atoms with E-state index in [1.807, 2.05) is 12.1 Å². The Bertz CT molecular complexity index is 616. The molecule has 0 spiro atoms. The number of hydrogen-bond donors (Lipinski definition) is 0. The van der Waals surface area contributed by atoms with Crippen LogP contribution < -0.4 is 10.3 Å². The summed E-state index contributed by atoms with van der Waals surface area (Å²) in [5.41, 5.74) is 0.757. The van der Waals surface area contributed by atoms with Gasteiger partial charge in [-0.2, -0.15) is 4.98 Å². The van der Waals surface area contributed by atoms with E-state index < -0.39 is 0 Å². The minimum absolute atomic E-state index is 0.180. The van der Waals surface area contributed by atoms with E-state index in [0.717, 1.165) is 30.7 Å². The van der Waals surface area contributed by atoms with E-state index in [0.29, 0.717) is 11.1 Å². The Kier molecular flexibility index (Phi) is 1.96. The zero-order chi connectivity index (χ0) is 11.1. The average Bonchev–Trinajstić information content (AvgIpc) is 2.76. The summed E-state index contributed by atoms with van der Waals surface area (Å²) in [6.45, 7) is 0.937. The van der Waals surface area contributed by atoms with Gasteiger partial charge in [0, 0.05) is 13.0 Å². The van der Waals surface area contributed by atoms with Gasteiger partial charge in [-0.05, 0) is 18.6 Å². The third-order valence-corrected chi connectivity index (χ3v) is 3.05. The Morgan fingerprint density at radius 2 is 2.31 bits per heavy atom. The molecule has 1 aromatic heterocycles. The van der Waals surface area contributed by atoms with Crippen molar-refractivity contribution in [1.82, 2.24) is 9.55 Å². The summed E-state index contributed by atoms with van der Waals surface area (Å²) < 4.78 is 7.33. The first-order valence-electron chi connectivity index (χ1n) is 5.37. The van der Waals surface area contributed by atoms with E-state index in [4.69, 9.17) is 4.74 Å². The van der Waals surface area contributed by atoms with E-state index in [1.165, 1.54) is 0 Å². The van der Waals surface area contributed by atoms with Crippen LogP contribution in [0.3, 0.4) is 0 Å². The van der Waals surface area contributed by atoms with E-state index in [1.54, 1.807) is 13.2 Å². The first-order chi connectivity index (χ1) is 7.81. The van der Waals surface area contributed by atoms with Gasteiger partial charge in [0.25, 0.3) is 5.56 Å². The van der Waals surface area contributed by atoms with Crippen molar-refractivity contribution in [2.24, 2.45) is 0 Å². The van der Waals surface area contributed by atoms with Gasteiger partial charge in [0.1, 0.15) is 17.0 Å². The van der Waals surface area contributed by atoms with Crippen LogP contribution in [0.4, 0.5) is 0 Å². The van der Waals surface area contributed by atoms with Crippen molar-refractivity contribution in [3.63, 3.8) is 0 Å². The molecule has 0 amide bonds. The number of fused-ring (bicyclic) bond motifs is 3. The highest BCUT2D eigenvalue weighted by atomic mass is 16.5. The van der Waals surface area contributed by atoms with Crippen LogP contribution >= 0.6 is 0 Å². The second-order valence-corrected chi connectivity index (χ2v) is 3.94. The molecule has 1 aliphatic rings. The predicted octanol–water partition coefficient (Wildman–Crippen LogP) is 1.35. The van der Waals surface area contributed by atoms with Crippen molar-refractivity contribution in [2.75, 3.05) is 7.11 Å². The lowest BCUT2D eigenvalue weighted by molar-refractivity contribution is 0.419. The maximum Gasteiger partial charge on any atom is 0.284 e. The molecule has 1 aliphatic heterocycles. The second-order valence-electron chi connectivity index (χ2n) is 3.94. The SMILES string of the molecule is COc1cccc2c1c(=O)nc1n2CCC1. The van der Waals surface area contributed by atoms with Crippen LogP contribution in [0.1, 0.15) is 12.2 Å². The molecule has 0 saturated heterocycles. The van der Waals surface area contributed by atoms with Crippen LogP contribution in [0, 0.1) is 0 Å². The van der Waals surface area contributed by atoms with Crippen molar-refractivity contribution >= 4 is 10.9 Å². The fourth-order valence-electron chi connectivity index (χ4n) is 2.34. The fraction of sp³-hybridized carbons (Fsp3) is 0.333. The molecule has 0 atom stereocenters. The minimum Gasteiger partial charge on any atom is -0.496 e. The minimum atomic E-state index is -0.180. The summed E-state index contributed by atoms with van der Waals surface area (Å²) in [6.07, 6.45) is 1.95. The molecule has 0 N–H and O–H groups in total. The van der Waals surface area contributed by atoms with Crippen molar-refractivity contribution < 1.29 is 4.74 Å². The summed E-state index contributed by atoms with van der Waals surface area (Å²) in [7, 11) is 1.58. The number of rotatable bonds is 1. The van der Waals surface area contributed by atoms with Gasteiger partial charge in [0.05, 0.1) is 12.6 Å². The van der Waals surface area contributed by atoms with Crippen molar-refractivity contribution in [2.45, 2.75) is 19.4 Å². The molecule has 0 fully saturated rings. The molecule has 0 aliphatic carbocycles. The topological polar surface area (TPSA) is 44.1 Å². The standard InChI is InChI=1S/C12H12N2O2/c1-16-9-5-2-4-8-11(9)12(15)13-10-6-3-7-14(8)10/h2,4-5H,3,6-7H2,1H3. The van der Waals surface area contributed by atoms with Crippen LogP contribution in [0.25, 0.3) is 10.9 Å². The van der Waals surface area contributed by atoms with Crippen molar-refractivity contribution in [1.29, 1.82) is 0 Å². The molecule has 3 rings (SSSR count). The van der Waals surface area contributed by atoms with Crippen molar-refractivity contribution in [3.8, 4) is 5.75 Å². The van der Waals surface area contributed by atoms with Crippen LogP contribution in [-0.4, -0.2) is 16.7 Å². The molecule has 1 aromatic carbocycles. The quantitative estimate of drug-likeness (QED) is 0.722. The molecule has 0 unspecified atom stereocenters. The smallest absolute Gasteiger partial charge is 0.284 e. The Balaban J connectivity index is 2.49. The third-order valence-electron chi connectivity index (χ3n) is 3.05. The summed E-state index contributed by atoms with van der Waals surface area (Å²) in [5, 5.41) is 0.593. The van der Waals surface area contributed by atoms with Gasteiger partial charge in [-0.3, -0.25) is 4.79 Å². The number of aryl methyl sites for hydroxylation is 2. The Labute approximate surface area is 92.5 Å². The zero-order valence-electron chi connectivity index (χ0n) is 9.06. The van der Waals surface area contributed by atoms with E-state index in [-0.39, 0.29) is 5.56 Å². The summed E-state index contributed by atoms with van der Waals surface area (Å²) in [5.74, 6) is 1.50. The number of methoxy groups -OCH3 is 1. The normalized spacial score (nSPS) is 14.1. The second kappa shape index (κ2) is 3.33. The Morgan fingerprint density at radius 3 is 3.12 bits per heavy atom. The summed E-state index contributed by atoms with van der Waals surface area (Å²) >= 11 is 0. The molecule has 2 heterocycles. The molecular formula is C12H12N2O2. The lowest BCUT2D eigenvalue weighted by atomic mass is 10.2. The third kappa shape index (κ3) is 1.16. The molecule has 82 valence electrons. The molecule has 4 nitrogen and oxygen atoms in total. The highest BCUT2D eigenvalue weighted by Gasteiger charge is 2.17. The van der Waals surface area contributed by atoms with Gasteiger partial charge < -0.3 is 9.30 Å². The van der Waals surface area contributed by atoms with Gasteiger partial charge in [-0.25, -0.2) is 0 Å². The monoisotopic (exact) mass is 216 g/mol. The van der Waals surface area contributed by atoms with Crippen molar-refractivity contribution in [3.05, 3.63) is 34.4 Å². The van der Waals surface area contributed by atoms with Crippen LogP contribution in [-0.2, 0) is 13.0 Å². The predicted molar refractivity (Wildman–Crippen MR) is 60.9 cm³/mol. The summed E-state index contributed by atoms with van der Waals surface area (Å²) in [4.78, 5) is 16.0. The number of benzene rings is 1. The maximum absolute atomic E-state index is 11.9. The van der Waals surface area contributed by atoms with Gasteiger partial charge in [-0.15, -0.1) is 0 Å². The van der Waals surface area contributed by atoms with E-state index >= 15 is 0 Å². The number of nitrogens with zero attached hydrogens (tertiary/aromatic N) is 2. The molecule has 0 bridgehead atoms. The van der Waals surface area contributed by atoms with Gasteiger partial charge in [0.2, 0.25) is 0 Å². The number of aromatic nitrogens is 2. The van der Waals surface area contributed by atoms with E-state index in [2.05, 4.69) is 9.55 Å². The first kappa shape index (κ1) is 9.39. The molecule has 0 radical (unpaired) electrons. The molecule has 0 saturated carbocycles. The van der Waals surface area contributed by atoms with Crippen LogP contribution in [0.15, 0.2) is 23.0 Å². The highest BCUT2D eigenvalue weighted by molar-refractivity contribution is 5.84. The largest absolute Gasteiger partial charge is 0.496 e. The van der Waals surface area contributed by atoms with Gasteiger partial charge in [-0.1, -0.05) is 6.07 Å². The fourth-order valence-corrected chi connectivity index (χ4v) is 2.34. The molecule has 2 aromatic rings. The Morgan fingerprint density at radius 1 is 1.44 bits per heavy atom. The van der Waals surface area contributed by atoms with Crippen LogP contribution in [0.2, 0.25) is 0 Å².